The summed E-state index contributed by atoms with van der Waals surface area (Å²) in [5.41, 5.74) is 4.20. The molecule has 1 aromatic carbocycles. The normalized spacial score (nSPS) is 22.8. The molecule has 2 aliphatic rings. The van der Waals surface area contributed by atoms with Crippen LogP contribution >= 0.6 is 0 Å². The van der Waals surface area contributed by atoms with Gasteiger partial charge in [-0.25, -0.2) is 0 Å². The summed E-state index contributed by atoms with van der Waals surface area (Å²) in [5, 5.41) is 3.08. The third-order valence-electron chi connectivity index (χ3n) is 6.67. The summed E-state index contributed by atoms with van der Waals surface area (Å²) in [6.07, 6.45) is 6.18. The van der Waals surface area contributed by atoms with E-state index in [2.05, 4.69) is 47.2 Å². The third-order valence-corrected chi connectivity index (χ3v) is 6.67. The Labute approximate surface area is 174 Å². The van der Waals surface area contributed by atoms with E-state index in [9.17, 15) is 4.79 Å². The number of hydrogen-bond donors (Lipinski definition) is 1. The van der Waals surface area contributed by atoms with Gasteiger partial charge in [0.05, 0.1) is 6.26 Å². The first-order valence-corrected chi connectivity index (χ1v) is 11.0. The lowest BCUT2D eigenvalue weighted by Gasteiger charge is -2.36. The van der Waals surface area contributed by atoms with Gasteiger partial charge in [-0.2, -0.15) is 0 Å². The van der Waals surface area contributed by atoms with Crippen molar-refractivity contribution >= 4 is 11.6 Å². The first-order valence-electron chi connectivity index (χ1n) is 11.0. The van der Waals surface area contributed by atoms with E-state index in [-0.39, 0.29) is 5.91 Å². The quantitative estimate of drug-likeness (QED) is 0.803. The zero-order chi connectivity index (χ0) is 20.2. The van der Waals surface area contributed by atoms with Crippen LogP contribution in [0.5, 0.6) is 0 Å². The minimum absolute atomic E-state index is 0.0856. The average Bonchev–Trinajstić information content (AvgIpc) is 3.13. The lowest BCUT2D eigenvalue weighted by atomic mass is 9.78. The van der Waals surface area contributed by atoms with Gasteiger partial charge in [0.25, 0.3) is 5.91 Å². The molecule has 0 spiro atoms. The second-order valence-electron chi connectivity index (χ2n) is 8.68. The monoisotopic (exact) mass is 395 g/mol. The highest BCUT2D eigenvalue weighted by molar-refractivity contribution is 5.91. The highest BCUT2D eigenvalue weighted by Gasteiger charge is 2.31. The number of nitrogens with one attached hydrogen (secondary N) is 1. The first-order chi connectivity index (χ1) is 14.1. The fourth-order valence-electron chi connectivity index (χ4n) is 4.63. The summed E-state index contributed by atoms with van der Waals surface area (Å²) in [5.74, 6) is 1.05. The topological polar surface area (TPSA) is 48.7 Å². The molecule has 1 aromatic heterocycles. The summed E-state index contributed by atoms with van der Waals surface area (Å²) in [6.45, 7) is 10.2. The smallest absolute Gasteiger partial charge is 0.287 e. The second kappa shape index (κ2) is 9.04. The standard InChI is InChI=1S/C24H33N3O2/c1-18-6-3-7-22(19(18)2)27-11-5-10-26(13-14-27)12-9-20-16-21(17-20)25-24(28)23-8-4-15-29-23/h3-4,6-8,15,20-21H,5,9-14,16-17H2,1-2H3,(H,25,28). The number of benzene rings is 1. The van der Waals surface area contributed by atoms with Gasteiger partial charge < -0.3 is 19.5 Å². The number of aryl methyl sites for hydroxylation is 1. The van der Waals surface area contributed by atoms with Gasteiger partial charge in [-0.05, 0) is 87.9 Å². The van der Waals surface area contributed by atoms with Gasteiger partial charge in [0, 0.05) is 31.4 Å². The number of carbonyl (C=O) groups is 1. The molecule has 1 saturated heterocycles. The van der Waals surface area contributed by atoms with E-state index in [0.29, 0.717) is 11.8 Å². The second-order valence-corrected chi connectivity index (χ2v) is 8.68. The molecule has 4 rings (SSSR count). The molecule has 0 unspecified atom stereocenters. The molecule has 0 radical (unpaired) electrons. The zero-order valence-corrected chi connectivity index (χ0v) is 17.7. The molecule has 2 fully saturated rings. The summed E-state index contributed by atoms with van der Waals surface area (Å²) >= 11 is 0. The van der Waals surface area contributed by atoms with Gasteiger partial charge in [-0.15, -0.1) is 0 Å². The van der Waals surface area contributed by atoms with Crippen molar-refractivity contribution in [1.29, 1.82) is 0 Å². The fourth-order valence-corrected chi connectivity index (χ4v) is 4.63. The Morgan fingerprint density at radius 1 is 1.10 bits per heavy atom. The lowest BCUT2D eigenvalue weighted by Crippen LogP contribution is -2.45. The Kier molecular flexibility index (Phi) is 6.24. The maximum Gasteiger partial charge on any atom is 0.287 e. The Morgan fingerprint density at radius 2 is 1.97 bits per heavy atom. The molecule has 2 aromatic rings. The predicted octanol–water partition coefficient (Wildman–Crippen LogP) is 4.01. The molecule has 1 aliphatic carbocycles. The van der Waals surface area contributed by atoms with E-state index < -0.39 is 0 Å². The van der Waals surface area contributed by atoms with Crippen LogP contribution in [0, 0.1) is 19.8 Å². The number of furan rings is 1. The molecule has 0 atom stereocenters. The molecule has 0 bridgehead atoms. The summed E-state index contributed by atoms with van der Waals surface area (Å²) in [6, 6.07) is 10.4. The van der Waals surface area contributed by atoms with Crippen molar-refractivity contribution in [2.75, 3.05) is 37.6 Å². The summed E-state index contributed by atoms with van der Waals surface area (Å²) in [4.78, 5) is 17.2. The molecule has 29 heavy (non-hydrogen) atoms. The van der Waals surface area contributed by atoms with Crippen LogP contribution < -0.4 is 10.2 Å². The van der Waals surface area contributed by atoms with Crippen LogP contribution in [0.4, 0.5) is 5.69 Å². The Bertz CT molecular complexity index is 812. The number of anilines is 1. The van der Waals surface area contributed by atoms with Gasteiger partial charge in [0.1, 0.15) is 0 Å². The SMILES string of the molecule is Cc1cccc(N2CCCN(CCC3CC(NC(=O)c4ccco4)C3)CC2)c1C. The van der Waals surface area contributed by atoms with Gasteiger partial charge in [0.15, 0.2) is 5.76 Å². The van der Waals surface area contributed by atoms with Crippen molar-refractivity contribution in [3.63, 3.8) is 0 Å². The largest absolute Gasteiger partial charge is 0.459 e. The van der Waals surface area contributed by atoms with Crippen LogP contribution in [-0.4, -0.2) is 49.6 Å². The van der Waals surface area contributed by atoms with Crippen LogP contribution in [0.3, 0.4) is 0 Å². The fraction of sp³-hybridized carbons (Fsp3) is 0.542. The van der Waals surface area contributed by atoms with Crippen molar-refractivity contribution in [3.05, 3.63) is 53.5 Å². The molecule has 1 aliphatic heterocycles. The van der Waals surface area contributed by atoms with Crippen molar-refractivity contribution in [1.82, 2.24) is 10.2 Å². The Morgan fingerprint density at radius 3 is 2.76 bits per heavy atom. The van der Waals surface area contributed by atoms with E-state index in [1.165, 1.54) is 42.7 Å². The maximum atomic E-state index is 12.0. The van der Waals surface area contributed by atoms with Crippen LogP contribution in [0.15, 0.2) is 41.0 Å². The highest BCUT2D eigenvalue weighted by atomic mass is 16.3. The zero-order valence-electron chi connectivity index (χ0n) is 17.7. The average molecular weight is 396 g/mol. The number of nitrogens with zero attached hydrogens (tertiary/aromatic N) is 2. The Balaban J connectivity index is 1.18. The van der Waals surface area contributed by atoms with Gasteiger partial charge in [-0.3, -0.25) is 4.79 Å². The lowest BCUT2D eigenvalue weighted by molar-refractivity contribution is 0.0851. The molecule has 156 valence electrons. The number of amides is 1. The Hall–Kier alpha value is -2.27. The van der Waals surface area contributed by atoms with Crippen LogP contribution in [-0.2, 0) is 0 Å². The van der Waals surface area contributed by atoms with Crippen molar-refractivity contribution in [2.45, 2.75) is 45.6 Å². The minimum atomic E-state index is -0.0856. The first kappa shape index (κ1) is 20.0. The van der Waals surface area contributed by atoms with Crippen molar-refractivity contribution < 1.29 is 9.21 Å². The van der Waals surface area contributed by atoms with Crippen molar-refractivity contribution in [3.8, 4) is 0 Å². The molecule has 5 nitrogen and oxygen atoms in total. The molecule has 5 heteroatoms. The molecule has 1 amide bonds. The minimum Gasteiger partial charge on any atom is -0.459 e. The van der Waals surface area contributed by atoms with E-state index in [1.807, 2.05) is 0 Å². The molecule has 2 heterocycles. The van der Waals surface area contributed by atoms with Gasteiger partial charge >= 0.3 is 0 Å². The van der Waals surface area contributed by atoms with E-state index in [0.717, 1.165) is 38.4 Å². The predicted molar refractivity (Wildman–Crippen MR) is 116 cm³/mol. The van der Waals surface area contributed by atoms with Crippen LogP contribution in [0.2, 0.25) is 0 Å². The van der Waals surface area contributed by atoms with Crippen LogP contribution in [0.25, 0.3) is 0 Å². The van der Waals surface area contributed by atoms with Crippen LogP contribution in [0.1, 0.15) is 47.4 Å². The summed E-state index contributed by atoms with van der Waals surface area (Å²) < 4.78 is 5.16. The molecule has 1 N–H and O–H groups in total. The number of carbonyl (C=O) groups excluding carboxylic acids is 1. The molecule has 1 saturated carbocycles. The van der Waals surface area contributed by atoms with E-state index >= 15 is 0 Å². The molecular formula is C24H33N3O2. The third kappa shape index (κ3) is 4.84. The maximum absolute atomic E-state index is 12.0. The molecular weight excluding hydrogens is 362 g/mol. The van der Waals surface area contributed by atoms with Gasteiger partial charge in [0.2, 0.25) is 0 Å². The number of hydrogen-bond acceptors (Lipinski definition) is 4. The van der Waals surface area contributed by atoms with Crippen molar-refractivity contribution in [2.24, 2.45) is 5.92 Å². The summed E-state index contributed by atoms with van der Waals surface area (Å²) in [7, 11) is 0. The van der Waals surface area contributed by atoms with E-state index in [4.69, 9.17) is 4.42 Å². The van der Waals surface area contributed by atoms with Gasteiger partial charge in [-0.1, -0.05) is 12.1 Å². The highest BCUT2D eigenvalue weighted by Crippen LogP contribution is 2.31. The van der Waals surface area contributed by atoms with E-state index in [1.54, 1.807) is 18.4 Å². The number of rotatable bonds is 6.